The van der Waals surface area contributed by atoms with Crippen LogP contribution in [0.2, 0.25) is 5.02 Å². The number of halogens is 1. The van der Waals surface area contributed by atoms with Crippen molar-refractivity contribution in [2.45, 2.75) is 20.4 Å². The van der Waals surface area contributed by atoms with Crippen molar-refractivity contribution in [2.24, 2.45) is 0 Å². The molecular weight excluding hydrogens is 392 g/mol. The molecular formula is C22H21ClN2O4. The number of carbonyl (C=O) groups is 2. The molecule has 0 aliphatic rings. The fourth-order valence-electron chi connectivity index (χ4n) is 3.24. The van der Waals surface area contributed by atoms with Gasteiger partial charge in [0, 0.05) is 23.0 Å². The minimum absolute atomic E-state index is 0.106. The lowest BCUT2D eigenvalue weighted by atomic mass is 10.1. The monoisotopic (exact) mass is 412 g/mol. The molecule has 150 valence electrons. The molecule has 2 aromatic carbocycles. The molecule has 0 radical (unpaired) electrons. The average Bonchev–Trinajstić information content (AvgIpc) is 2.70. The highest BCUT2D eigenvalue weighted by molar-refractivity contribution is 6.31. The van der Waals surface area contributed by atoms with Crippen LogP contribution < -0.4 is 9.64 Å². The fraction of sp³-hybridized carbons (Fsp3) is 0.227. The number of methoxy groups -OCH3 is 2. The van der Waals surface area contributed by atoms with Gasteiger partial charge in [0.05, 0.1) is 26.3 Å². The number of aromatic nitrogens is 1. The molecule has 0 atom stereocenters. The maximum absolute atomic E-state index is 12.4. The van der Waals surface area contributed by atoms with Crippen LogP contribution in [0.5, 0.6) is 5.88 Å². The Labute approximate surface area is 174 Å². The number of rotatable bonds is 5. The molecule has 6 nitrogen and oxygen atoms in total. The van der Waals surface area contributed by atoms with Gasteiger partial charge in [0.15, 0.2) is 0 Å². The number of nitrogens with zero attached hydrogens (tertiary/aromatic N) is 2. The van der Waals surface area contributed by atoms with Gasteiger partial charge in [0.1, 0.15) is 5.56 Å². The van der Waals surface area contributed by atoms with Crippen LogP contribution in [0.15, 0.2) is 42.5 Å². The van der Waals surface area contributed by atoms with Gasteiger partial charge >= 0.3 is 5.97 Å². The number of carbonyl (C=O) groups excluding carboxylic acids is 2. The van der Waals surface area contributed by atoms with Crippen molar-refractivity contribution in [3.63, 3.8) is 0 Å². The van der Waals surface area contributed by atoms with Crippen LogP contribution >= 0.6 is 11.6 Å². The normalized spacial score (nSPS) is 10.7. The van der Waals surface area contributed by atoms with E-state index in [1.165, 1.54) is 21.1 Å². The average molecular weight is 413 g/mol. The summed E-state index contributed by atoms with van der Waals surface area (Å²) in [6.07, 6.45) is 0. The highest BCUT2D eigenvalue weighted by atomic mass is 35.5. The molecule has 0 unspecified atom stereocenters. The lowest BCUT2D eigenvalue weighted by Crippen LogP contribution is -2.28. The van der Waals surface area contributed by atoms with E-state index < -0.39 is 5.97 Å². The topological polar surface area (TPSA) is 68.7 Å². The number of hydrogen-bond donors (Lipinski definition) is 0. The summed E-state index contributed by atoms with van der Waals surface area (Å²) < 4.78 is 10.1. The summed E-state index contributed by atoms with van der Waals surface area (Å²) in [6, 6.07) is 12.8. The number of fused-ring (bicyclic) bond motifs is 1. The standard InChI is InChI=1S/C22H21ClN2O4/c1-13-7-5-6-8-19(13)25(14(2)26)12-16-10-17(23)9-15-11-18(22(27)29-4)21(28-3)24-20(15)16/h5-11H,12H2,1-4H3. The molecule has 0 spiro atoms. The van der Waals surface area contributed by atoms with Crippen molar-refractivity contribution in [3.05, 3.63) is 64.2 Å². The fourth-order valence-corrected chi connectivity index (χ4v) is 3.49. The van der Waals surface area contributed by atoms with Crippen molar-refractivity contribution in [3.8, 4) is 5.88 Å². The Kier molecular flexibility index (Phi) is 6.03. The number of benzene rings is 2. The van der Waals surface area contributed by atoms with E-state index in [-0.39, 0.29) is 23.9 Å². The first-order chi connectivity index (χ1) is 13.8. The van der Waals surface area contributed by atoms with Gasteiger partial charge in [-0.2, -0.15) is 0 Å². The van der Waals surface area contributed by atoms with Gasteiger partial charge in [-0.05, 0) is 42.3 Å². The molecule has 1 amide bonds. The molecule has 1 heterocycles. The molecule has 0 bridgehead atoms. The maximum Gasteiger partial charge on any atom is 0.343 e. The summed E-state index contributed by atoms with van der Waals surface area (Å²) in [4.78, 5) is 30.7. The van der Waals surface area contributed by atoms with Crippen LogP contribution in [-0.2, 0) is 16.1 Å². The molecule has 0 saturated carbocycles. The summed E-state index contributed by atoms with van der Waals surface area (Å²) in [5, 5.41) is 1.13. The number of aryl methyl sites for hydroxylation is 1. The number of pyridine rings is 1. The molecule has 0 aliphatic heterocycles. The molecule has 0 fully saturated rings. The predicted octanol–water partition coefficient (Wildman–Crippen LogP) is 4.54. The number of para-hydroxylation sites is 1. The lowest BCUT2D eigenvalue weighted by Gasteiger charge is -2.24. The van der Waals surface area contributed by atoms with Crippen LogP contribution in [0.3, 0.4) is 0 Å². The van der Waals surface area contributed by atoms with Crippen LogP contribution in [0, 0.1) is 6.92 Å². The zero-order valence-electron chi connectivity index (χ0n) is 16.7. The van der Waals surface area contributed by atoms with Gasteiger partial charge in [-0.25, -0.2) is 9.78 Å². The van der Waals surface area contributed by atoms with Crippen molar-refractivity contribution in [1.29, 1.82) is 0 Å². The van der Waals surface area contributed by atoms with E-state index >= 15 is 0 Å². The zero-order valence-corrected chi connectivity index (χ0v) is 17.4. The third-order valence-corrected chi connectivity index (χ3v) is 4.86. The van der Waals surface area contributed by atoms with Crippen molar-refractivity contribution in [1.82, 2.24) is 4.98 Å². The Morgan fingerprint density at radius 3 is 2.48 bits per heavy atom. The number of esters is 1. The maximum atomic E-state index is 12.4. The number of ether oxygens (including phenoxy) is 2. The third-order valence-electron chi connectivity index (χ3n) is 4.64. The Morgan fingerprint density at radius 2 is 1.86 bits per heavy atom. The summed E-state index contributed by atoms with van der Waals surface area (Å²) in [5.41, 5.74) is 3.33. The van der Waals surface area contributed by atoms with Crippen molar-refractivity contribution in [2.75, 3.05) is 19.1 Å². The van der Waals surface area contributed by atoms with E-state index in [0.29, 0.717) is 15.9 Å². The molecule has 0 aliphatic carbocycles. The molecule has 0 saturated heterocycles. The Balaban J connectivity index is 2.16. The second kappa shape index (κ2) is 8.49. The third kappa shape index (κ3) is 4.17. The first-order valence-electron chi connectivity index (χ1n) is 8.95. The second-order valence-electron chi connectivity index (χ2n) is 6.57. The van der Waals surface area contributed by atoms with Gasteiger partial charge in [0.25, 0.3) is 0 Å². The summed E-state index contributed by atoms with van der Waals surface area (Å²) in [7, 11) is 2.73. The van der Waals surface area contributed by atoms with Crippen LogP contribution in [-0.4, -0.2) is 31.1 Å². The Morgan fingerprint density at radius 1 is 1.14 bits per heavy atom. The lowest BCUT2D eigenvalue weighted by molar-refractivity contribution is -0.116. The molecule has 0 N–H and O–H groups in total. The number of hydrogen-bond acceptors (Lipinski definition) is 5. The molecule has 3 rings (SSSR count). The van der Waals surface area contributed by atoms with Crippen LogP contribution in [0.1, 0.15) is 28.4 Å². The highest BCUT2D eigenvalue weighted by Gasteiger charge is 2.20. The Hall–Kier alpha value is -3.12. The molecule has 7 heteroatoms. The number of anilines is 1. The van der Waals surface area contributed by atoms with E-state index in [1.807, 2.05) is 31.2 Å². The minimum Gasteiger partial charge on any atom is -0.480 e. The zero-order chi connectivity index (χ0) is 21.1. The quantitative estimate of drug-likeness (QED) is 0.575. The second-order valence-corrected chi connectivity index (χ2v) is 7.00. The van der Waals surface area contributed by atoms with Gasteiger partial charge in [-0.3, -0.25) is 4.79 Å². The van der Waals surface area contributed by atoms with E-state index in [4.69, 9.17) is 21.1 Å². The highest BCUT2D eigenvalue weighted by Crippen LogP contribution is 2.30. The van der Waals surface area contributed by atoms with E-state index in [9.17, 15) is 9.59 Å². The van der Waals surface area contributed by atoms with Gasteiger partial charge in [-0.15, -0.1) is 0 Å². The van der Waals surface area contributed by atoms with Crippen molar-refractivity contribution < 1.29 is 19.1 Å². The van der Waals surface area contributed by atoms with E-state index in [2.05, 4.69) is 4.98 Å². The molecule has 1 aromatic heterocycles. The first kappa shape index (κ1) is 20.6. The van der Waals surface area contributed by atoms with Gasteiger partial charge in [-0.1, -0.05) is 29.8 Å². The largest absolute Gasteiger partial charge is 0.480 e. The summed E-state index contributed by atoms with van der Waals surface area (Å²) in [5.74, 6) is -0.508. The summed E-state index contributed by atoms with van der Waals surface area (Å²) >= 11 is 6.32. The SMILES string of the molecule is COC(=O)c1cc2cc(Cl)cc(CN(C(C)=O)c3ccccc3C)c2nc1OC. The van der Waals surface area contributed by atoms with Crippen molar-refractivity contribution >= 4 is 40.1 Å². The molecule has 3 aromatic rings. The van der Waals surface area contributed by atoms with Gasteiger partial charge in [0.2, 0.25) is 11.8 Å². The Bertz CT molecular complexity index is 1100. The minimum atomic E-state index is -0.553. The predicted molar refractivity (Wildman–Crippen MR) is 113 cm³/mol. The number of amides is 1. The van der Waals surface area contributed by atoms with E-state index in [1.54, 1.807) is 23.1 Å². The first-order valence-corrected chi connectivity index (χ1v) is 9.32. The van der Waals surface area contributed by atoms with Crippen LogP contribution in [0.4, 0.5) is 5.69 Å². The smallest absolute Gasteiger partial charge is 0.343 e. The summed E-state index contributed by atoms with van der Waals surface area (Å²) in [6.45, 7) is 3.73. The molecule has 29 heavy (non-hydrogen) atoms. The van der Waals surface area contributed by atoms with Crippen LogP contribution in [0.25, 0.3) is 10.9 Å². The van der Waals surface area contributed by atoms with E-state index in [0.717, 1.165) is 16.8 Å². The van der Waals surface area contributed by atoms with Gasteiger partial charge < -0.3 is 14.4 Å².